The molecule has 1 aromatic heterocycles. The monoisotopic (exact) mass is 274 g/mol. The Morgan fingerprint density at radius 1 is 1.47 bits per heavy atom. The predicted molar refractivity (Wildman–Crippen MR) is 60.4 cm³/mol. The molecule has 1 aliphatic rings. The molecule has 1 saturated heterocycles. The molecule has 1 fully saturated rings. The number of aliphatic hydroxyl groups excluding tert-OH is 1. The third-order valence-electron chi connectivity index (χ3n) is 2.99. The number of aliphatic hydroxyl groups is 1. The highest BCUT2D eigenvalue weighted by Gasteiger charge is 2.38. The van der Waals surface area contributed by atoms with E-state index in [9.17, 15) is 23.1 Å². The molecule has 1 atom stereocenters. The molecule has 0 aromatic carbocycles. The van der Waals surface area contributed by atoms with E-state index < -0.39 is 29.4 Å². The van der Waals surface area contributed by atoms with Crippen molar-refractivity contribution < 1.29 is 23.1 Å². The fourth-order valence-electron chi connectivity index (χ4n) is 2.11. The maximum absolute atomic E-state index is 12.8. The summed E-state index contributed by atoms with van der Waals surface area (Å²) in [4.78, 5) is 16.6. The van der Waals surface area contributed by atoms with Gasteiger partial charge in [-0.05, 0) is 25.0 Å². The molecule has 1 unspecified atom stereocenters. The lowest BCUT2D eigenvalue weighted by Crippen LogP contribution is -2.42. The first-order valence-corrected chi connectivity index (χ1v) is 5.89. The third kappa shape index (κ3) is 3.04. The number of hydrogen-bond donors (Lipinski definition) is 1. The quantitative estimate of drug-likeness (QED) is 0.848. The molecule has 2 rings (SSSR count). The lowest BCUT2D eigenvalue weighted by atomic mass is 10.1. The second-order valence-corrected chi connectivity index (χ2v) is 4.44. The minimum absolute atomic E-state index is 0.0605. The zero-order chi connectivity index (χ0) is 14.0. The SMILES string of the molecule is O=C(c1cccnc1C(F)(F)F)N1CCCC(O)C1. The van der Waals surface area contributed by atoms with Crippen LogP contribution in [0.1, 0.15) is 28.9 Å². The number of hydrogen-bond acceptors (Lipinski definition) is 3. The minimum atomic E-state index is -4.67. The van der Waals surface area contributed by atoms with Crippen molar-refractivity contribution in [3.05, 3.63) is 29.6 Å². The van der Waals surface area contributed by atoms with E-state index in [4.69, 9.17) is 0 Å². The van der Waals surface area contributed by atoms with Crippen molar-refractivity contribution in [2.24, 2.45) is 0 Å². The molecule has 2 heterocycles. The Balaban J connectivity index is 2.29. The van der Waals surface area contributed by atoms with Crippen molar-refractivity contribution in [2.45, 2.75) is 25.1 Å². The molecular weight excluding hydrogens is 261 g/mol. The zero-order valence-corrected chi connectivity index (χ0v) is 10.0. The largest absolute Gasteiger partial charge is 0.434 e. The van der Waals surface area contributed by atoms with E-state index in [0.717, 1.165) is 12.3 Å². The molecule has 7 heteroatoms. The molecule has 4 nitrogen and oxygen atoms in total. The molecule has 19 heavy (non-hydrogen) atoms. The maximum Gasteiger partial charge on any atom is 0.434 e. The molecular formula is C12H13F3N2O2. The van der Waals surface area contributed by atoms with Gasteiger partial charge in [0.1, 0.15) is 0 Å². The number of carbonyl (C=O) groups excluding carboxylic acids is 1. The molecule has 1 N–H and O–H groups in total. The van der Waals surface area contributed by atoms with Gasteiger partial charge in [0.2, 0.25) is 0 Å². The summed E-state index contributed by atoms with van der Waals surface area (Å²) in [7, 11) is 0. The van der Waals surface area contributed by atoms with Crippen LogP contribution >= 0.6 is 0 Å². The fourth-order valence-corrected chi connectivity index (χ4v) is 2.11. The predicted octanol–water partition coefficient (Wildman–Crippen LogP) is 1.70. The topological polar surface area (TPSA) is 53.4 Å². The molecule has 0 saturated carbocycles. The smallest absolute Gasteiger partial charge is 0.391 e. The van der Waals surface area contributed by atoms with Gasteiger partial charge in [-0.25, -0.2) is 0 Å². The Kier molecular flexibility index (Phi) is 3.75. The first-order chi connectivity index (χ1) is 8.89. The number of nitrogens with zero attached hydrogens (tertiary/aromatic N) is 2. The van der Waals surface area contributed by atoms with Gasteiger partial charge in [0.25, 0.3) is 5.91 Å². The molecule has 0 radical (unpaired) electrons. The van der Waals surface area contributed by atoms with Gasteiger partial charge in [-0.1, -0.05) is 0 Å². The van der Waals surface area contributed by atoms with Gasteiger partial charge in [0.05, 0.1) is 11.7 Å². The average Bonchev–Trinajstić information content (AvgIpc) is 2.37. The molecule has 0 bridgehead atoms. The van der Waals surface area contributed by atoms with Gasteiger partial charge in [0, 0.05) is 19.3 Å². The van der Waals surface area contributed by atoms with Crippen molar-refractivity contribution in [1.29, 1.82) is 0 Å². The van der Waals surface area contributed by atoms with Crippen molar-refractivity contribution >= 4 is 5.91 Å². The van der Waals surface area contributed by atoms with Crippen molar-refractivity contribution in [3.8, 4) is 0 Å². The van der Waals surface area contributed by atoms with Gasteiger partial charge >= 0.3 is 6.18 Å². The number of aromatic nitrogens is 1. The number of pyridine rings is 1. The summed E-state index contributed by atoms with van der Waals surface area (Å²) < 4.78 is 38.3. The van der Waals surface area contributed by atoms with E-state index in [1.807, 2.05) is 0 Å². The normalized spacial score (nSPS) is 20.4. The molecule has 104 valence electrons. The second-order valence-electron chi connectivity index (χ2n) is 4.44. The highest BCUT2D eigenvalue weighted by atomic mass is 19.4. The summed E-state index contributed by atoms with van der Waals surface area (Å²) in [6.45, 7) is 0.410. The summed E-state index contributed by atoms with van der Waals surface area (Å²) in [5.41, 5.74) is -1.65. The van der Waals surface area contributed by atoms with Crippen molar-refractivity contribution in [1.82, 2.24) is 9.88 Å². The molecule has 0 spiro atoms. The summed E-state index contributed by atoms with van der Waals surface area (Å²) in [6.07, 6.45) is -3.20. The lowest BCUT2D eigenvalue weighted by molar-refractivity contribution is -0.141. The van der Waals surface area contributed by atoms with Crippen LogP contribution in [0.2, 0.25) is 0 Å². The first kappa shape index (κ1) is 13.8. The van der Waals surface area contributed by atoms with Crippen LogP contribution in [0.3, 0.4) is 0 Å². The molecule has 1 aliphatic heterocycles. The first-order valence-electron chi connectivity index (χ1n) is 5.89. The van der Waals surface area contributed by atoms with Crippen LogP contribution in [0.15, 0.2) is 18.3 Å². The van der Waals surface area contributed by atoms with E-state index in [-0.39, 0.29) is 6.54 Å². The highest BCUT2D eigenvalue weighted by molar-refractivity contribution is 5.95. The second kappa shape index (κ2) is 5.16. The molecule has 1 amide bonds. The van der Waals surface area contributed by atoms with E-state index >= 15 is 0 Å². The van der Waals surface area contributed by atoms with Crippen molar-refractivity contribution in [2.75, 3.05) is 13.1 Å². The number of alkyl halides is 3. The summed E-state index contributed by atoms with van der Waals surface area (Å²) in [5, 5.41) is 9.47. The summed E-state index contributed by atoms with van der Waals surface area (Å²) >= 11 is 0. The van der Waals surface area contributed by atoms with Crippen LogP contribution in [-0.2, 0) is 6.18 Å². The van der Waals surface area contributed by atoms with E-state index in [0.29, 0.717) is 19.4 Å². The van der Waals surface area contributed by atoms with Gasteiger partial charge in [-0.15, -0.1) is 0 Å². The van der Waals surface area contributed by atoms with Crippen LogP contribution < -0.4 is 0 Å². The van der Waals surface area contributed by atoms with Crippen LogP contribution in [0, 0.1) is 0 Å². The zero-order valence-electron chi connectivity index (χ0n) is 10.0. The van der Waals surface area contributed by atoms with Crippen LogP contribution in [0.4, 0.5) is 13.2 Å². The number of rotatable bonds is 1. The average molecular weight is 274 g/mol. The Morgan fingerprint density at radius 2 is 2.21 bits per heavy atom. The number of β-amino-alcohol motifs (C(OH)–C–C–N with tert-alkyl or cyclic N) is 1. The highest BCUT2D eigenvalue weighted by Crippen LogP contribution is 2.30. The molecule has 0 aliphatic carbocycles. The van der Waals surface area contributed by atoms with Gasteiger partial charge < -0.3 is 10.0 Å². The van der Waals surface area contributed by atoms with Gasteiger partial charge in [-0.3, -0.25) is 9.78 Å². The standard InChI is InChI=1S/C12H13F3N2O2/c13-12(14,15)10-9(4-1-5-16-10)11(19)17-6-2-3-8(18)7-17/h1,4-5,8,18H,2-3,6-7H2. The third-order valence-corrected chi connectivity index (χ3v) is 2.99. The van der Waals surface area contributed by atoms with Crippen molar-refractivity contribution in [3.63, 3.8) is 0 Å². The van der Waals surface area contributed by atoms with Crippen LogP contribution in [-0.4, -0.2) is 40.1 Å². The number of piperidine rings is 1. The number of carbonyl (C=O) groups is 1. The Hall–Kier alpha value is -1.63. The number of halogens is 3. The summed E-state index contributed by atoms with van der Waals surface area (Å²) in [6, 6.07) is 2.40. The van der Waals surface area contributed by atoms with Crippen LogP contribution in [0.5, 0.6) is 0 Å². The van der Waals surface area contributed by atoms with E-state index in [2.05, 4.69) is 4.98 Å². The Labute approximate surface area is 107 Å². The Morgan fingerprint density at radius 3 is 2.84 bits per heavy atom. The number of amides is 1. The lowest BCUT2D eigenvalue weighted by Gasteiger charge is -2.30. The van der Waals surface area contributed by atoms with Gasteiger partial charge in [0.15, 0.2) is 5.69 Å². The van der Waals surface area contributed by atoms with E-state index in [1.165, 1.54) is 11.0 Å². The van der Waals surface area contributed by atoms with E-state index in [1.54, 1.807) is 0 Å². The molecule has 1 aromatic rings. The number of likely N-dealkylation sites (tertiary alicyclic amines) is 1. The minimum Gasteiger partial charge on any atom is -0.391 e. The van der Waals surface area contributed by atoms with Gasteiger partial charge in [-0.2, -0.15) is 13.2 Å². The van der Waals surface area contributed by atoms with Crippen LogP contribution in [0.25, 0.3) is 0 Å². The Bertz CT molecular complexity index is 476. The maximum atomic E-state index is 12.8. The summed E-state index contributed by atoms with van der Waals surface area (Å²) in [5.74, 6) is -0.737. The fraction of sp³-hybridized carbons (Fsp3) is 0.500.